The van der Waals surface area contributed by atoms with E-state index in [1.54, 1.807) is 10.9 Å². The molecule has 0 aliphatic rings. The van der Waals surface area contributed by atoms with Gasteiger partial charge in [-0.05, 0) is 18.9 Å². The van der Waals surface area contributed by atoms with Gasteiger partial charge in [0.2, 0.25) is 0 Å². The maximum atomic E-state index is 7.54. The normalized spacial score (nSPS) is 10.6. The van der Waals surface area contributed by atoms with Crippen molar-refractivity contribution in [3.05, 3.63) is 35.5 Å². The minimum atomic E-state index is -0.103. The molecule has 0 spiro atoms. The summed E-state index contributed by atoms with van der Waals surface area (Å²) in [6, 6.07) is 2.04. The Balaban J connectivity index is 2.61. The van der Waals surface area contributed by atoms with E-state index in [-0.39, 0.29) is 5.84 Å². The van der Waals surface area contributed by atoms with Crippen LogP contribution in [0.4, 0.5) is 0 Å². The third-order valence-corrected chi connectivity index (χ3v) is 2.69. The Kier molecular flexibility index (Phi) is 3.36. The molecular weight excluding hydrogens is 228 g/mol. The Hall–Kier alpha value is -2.24. The van der Waals surface area contributed by atoms with Crippen LogP contribution < -0.4 is 5.73 Å². The molecule has 0 aliphatic heterocycles. The lowest BCUT2D eigenvalue weighted by atomic mass is 10.2. The second-order valence-corrected chi connectivity index (χ2v) is 3.89. The monoisotopic (exact) mass is 244 g/mol. The van der Waals surface area contributed by atoms with Crippen LogP contribution in [0.5, 0.6) is 0 Å². The molecule has 0 aliphatic carbocycles. The SMILES string of the molecule is CCc1cc(CC)n(-c2nccnc2C(=N)N)n1. The average Bonchev–Trinajstić information content (AvgIpc) is 2.81. The van der Waals surface area contributed by atoms with Crippen LogP contribution in [0.1, 0.15) is 30.9 Å². The molecular formula is C12H16N6. The van der Waals surface area contributed by atoms with Gasteiger partial charge in [0, 0.05) is 18.1 Å². The average molecular weight is 244 g/mol. The number of nitrogens with zero attached hydrogens (tertiary/aromatic N) is 4. The van der Waals surface area contributed by atoms with Gasteiger partial charge in [-0.15, -0.1) is 0 Å². The van der Waals surface area contributed by atoms with E-state index in [0.29, 0.717) is 11.5 Å². The molecule has 0 atom stereocenters. The summed E-state index contributed by atoms with van der Waals surface area (Å²) in [7, 11) is 0. The van der Waals surface area contributed by atoms with Crippen molar-refractivity contribution in [3.8, 4) is 5.82 Å². The molecule has 6 heteroatoms. The van der Waals surface area contributed by atoms with E-state index < -0.39 is 0 Å². The van der Waals surface area contributed by atoms with Crippen molar-refractivity contribution in [2.45, 2.75) is 26.7 Å². The fourth-order valence-corrected chi connectivity index (χ4v) is 1.76. The van der Waals surface area contributed by atoms with E-state index in [1.807, 2.05) is 6.07 Å². The number of nitrogens with two attached hydrogens (primary N) is 1. The smallest absolute Gasteiger partial charge is 0.183 e. The van der Waals surface area contributed by atoms with Gasteiger partial charge >= 0.3 is 0 Å². The minimum Gasteiger partial charge on any atom is -0.382 e. The molecule has 18 heavy (non-hydrogen) atoms. The van der Waals surface area contributed by atoms with Gasteiger partial charge in [-0.3, -0.25) is 5.41 Å². The lowest BCUT2D eigenvalue weighted by Crippen LogP contribution is -2.19. The van der Waals surface area contributed by atoms with Crippen molar-refractivity contribution in [1.82, 2.24) is 19.7 Å². The molecule has 0 unspecified atom stereocenters. The fraction of sp³-hybridized carbons (Fsp3) is 0.333. The van der Waals surface area contributed by atoms with Gasteiger partial charge in [0.1, 0.15) is 11.5 Å². The molecule has 2 heterocycles. The number of rotatable bonds is 4. The number of hydrogen-bond acceptors (Lipinski definition) is 4. The highest BCUT2D eigenvalue weighted by atomic mass is 15.3. The van der Waals surface area contributed by atoms with Gasteiger partial charge < -0.3 is 5.73 Å². The molecule has 0 bridgehead atoms. The van der Waals surface area contributed by atoms with Gasteiger partial charge in [0.25, 0.3) is 0 Å². The zero-order valence-corrected chi connectivity index (χ0v) is 10.5. The minimum absolute atomic E-state index is 0.103. The predicted octanol–water partition coefficient (Wildman–Crippen LogP) is 1.07. The number of nitrogen functional groups attached to an aromatic ring is 1. The quantitative estimate of drug-likeness (QED) is 0.621. The van der Waals surface area contributed by atoms with Crippen LogP contribution in [-0.2, 0) is 12.8 Å². The molecule has 0 fully saturated rings. The Labute approximate surface area is 105 Å². The summed E-state index contributed by atoms with van der Waals surface area (Å²) >= 11 is 0. The first kappa shape index (κ1) is 12.2. The van der Waals surface area contributed by atoms with Crippen LogP contribution in [0.15, 0.2) is 18.5 Å². The zero-order chi connectivity index (χ0) is 13.1. The topological polar surface area (TPSA) is 93.5 Å². The molecule has 3 N–H and O–H groups in total. The van der Waals surface area contributed by atoms with Crippen molar-refractivity contribution >= 4 is 5.84 Å². The maximum Gasteiger partial charge on any atom is 0.183 e. The summed E-state index contributed by atoms with van der Waals surface area (Å²) in [4.78, 5) is 8.34. The summed E-state index contributed by atoms with van der Waals surface area (Å²) in [5.41, 5.74) is 7.91. The van der Waals surface area contributed by atoms with Gasteiger partial charge in [-0.1, -0.05) is 13.8 Å². The summed E-state index contributed by atoms with van der Waals surface area (Å²) in [5.74, 6) is 0.412. The largest absolute Gasteiger partial charge is 0.382 e. The first-order valence-corrected chi connectivity index (χ1v) is 5.91. The summed E-state index contributed by atoms with van der Waals surface area (Å²) in [6.45, 7) is 4.10. The molecule has 94 valence electrons. The maximum absolute atomic E-state index is 7.54. The van der Waals surface area contributed by atoms with E-state index in [2.05, 4.69) is 28.9 Å². The van der Waals surface area contributed by atoms with Crippen LogP contribution in [-0.4, -0.2) is 25.6 Å². The van der Waals surface area contributed by atoms with Crippen LogP contribution in [0.3, 0.4) is 0 Å². The standard InChI is InChI=1S/C12H16N6/c1-3-8-7-9(4-2)18(17-8)12-10(11(13)14)15-5-6-16-12/h5-7H,3-4H2,1-2H3,(H3,13,14). The van der Waals surface area contributed by atoms with Crippen molar-refractivity contribution < 1.29 is 0 Å². The van der Waals surface area contributed by atoms with E-state index in [1.165, 1.54) is 6.20 Å². The van der Waals surface area contributed by atoms with Crippen molar-refractivity contribution in [2.24, 2.45) is 5.73 Å². The van der Waals surface area contributed by atoms with Gasteiger partial charge in [-0.2, -0.15) is 5.10 Å². The first-order valence-electron chi connectivity index (χ1n) is 5.91. The molecule has 2 aromatic heterocycles. The van der Waals surface area contributed by atoms with E-state index in [9.17, 15) is 0 Å². The molecule has 0 radical (unpaired) electrons. The predicted molar refractivity (Wildman–Crippen MR) is 68.9 cm³/mol. The fourth-order valence-electron chi connectivity index (χ4n) is 1.76. The summed E-state index contributed by atoms with van der Waals surface area (Å²) < 4.78 is 1.72. The number of nitrogens with one attached hydrogen (secondary N) is 1. The molecule has 0 amide bonds. The molecule has 2 rings (SSSR count). The Morgan fingerprint density at radius 2 is 2.00 bits per heavy atom. The van der Waals surface area contributed by atoms with Crippen molar-refractivity contribution in [3.63, 3.8) is 0 Å². The van der Waals surface area contributed by atoms with Gasteiger partial charge in [0.05, 0.1) is 5.69 Å². The number of aryl methyl sites for hydroxylation is 2. The van der Waals surface area contributed by atoms with Gasteiger partial charge in [-0.25, -0.2) is 14.6 Å². The molecule has 0 aromatic carbocycles. The number of hydrogen-bond donors (Lipinski definition) is 2. The van der Waals surface area contributed by atoms with E-state index >= 15 is 0 Å². The number of aromatic nitrogens is 4. The Bertz CT molecular complexity index is 572. The highest BCUT2D eigenvalue weighted by molar-refractivity contribution is 5.95. The number of amidine groups is 1. The van der Waals surface area contributed by atoms with Crippen LogP contribution in [0, 0.1) is 5.41 Å². The summed E-state index contributed by atoms with van der Waals surface area (Å²) in [6.07, 6.45) is 4.79. The highest BCUT2D eigenvalue weighted by Crippen LogP contribution is 2.14. The molecule has 0 saturated carbocycles. The Morgan fingerprint density at radius 3 is 2.61 bits per heavy atom. The lowest BCUT2D eigenvalue weighted by Gasteiger charge is -2.08. The second-order valence-electron chi connectivity index (χ2n) is 3.89. The molecule has 0 saturated heterocycles. The van der Waals surface area contributed by atoms with Crippen LogP contribution in [0.2, 0.25) is 0 Å². The first-order chi connectivity index (χ1) is 8.67. The van der Waals surface area contributed by atoms with E-state index in [4.69, 9.17) is 11.1 Å². The molecule has 6 nitrogen and oxygen atoms in total. The van der Waals surface area contributed by atoms with Crippen LogP contribution >= 0.6 is 0 Å². The van der Waals surface area contributed by atoms with Gasteiger partial charge in [0.15, 0.2) is 5.82 Å². The van der Waals surface area contributed by atoms with Crippen LogP contribution in [0.25, 0.3) is 5.82 Å². The van der Waals surface area contributed by atoms with Crippen molar-refractivity contribution in [1.29, 1.82) is 5.41 Å². The lowest BCUT2D eigenvalue weighted by molar-refractivity contribution is 0.764. The highest BCUT2D eigenvalue weighted by Gasteiger charge is 2.14. The second kappa shape index (κ2) is 4.95. The van der Waals surface area contributed by atoms with Crippen molar-refractivity contribution in [2.75, 3.05) is 0 Å². The molecule has 2 aromatic rings. The third-order valence-electron chi connectivity index (χ3n) is 2.69. The zero-order valence-electron chi connectivity index (χ0n) is 10.5. The Morgan fingerprint density at radius 1 is 1.28 bits per heavy atom. The summed E-state index contributed by atoms with van der Waals surface area (Å²) in [5, 5.41) is 12.0. The third kappa shape index (κ3) is 2.09. The van der Waals surface area contributed by atoms with E-state index in [0.717, 1.165) is 24.2 Å².